The number of aryl methyl sites for hydroxylation is 3. The SMILES string of the molecule is Cc1cc(C(=O)Nc2cnc3c(c2)c(C)nn3C)cc(S(=O)(=O)N(C)C)c1C. The summed E-state index contributed by atoms with van der Waals surface area (Å²) < 4.78 is 28.0. The number of aromatic nitrogens is 3. The smallest absolute Gasteiger partial charge is 0.255 e. The van der Waals surface area contributed by atoms with Gasteiger partial charge in [0.25, 0.3) is 5.91 Å². The number of fused-ring (bicyclic) bond motifs is 1. The number of carbonyl (C=O) groups excluding carboxylic acids is 1. The van der Waals surface area contributed by atoms with Crippen LogP contribution in [-0.4, -0.2) is 47.5 Å². The Morgan fingerprint density at radius 1 is 1.14 bits per heavy atom. The molecule has 0 fully saturated rings. The maximum atomic E-state index is 12.8. The second-order valence-electron chi connectivity index (χ2n) is 6.96. The van der Waals surface area contributed by atoms with Gasteiger partial charge in [0.1, 0.15) is 0 Å². The van der Waals surface area contributed by atoms with Crippen LogP contribution in [0.4, 0.5) is 5.69 Å². The fourth-order valence-electron chi connectivity index (χ4n) is 3.00. The molecule has 3 aromatic rings. The summed E-state index contributed by atoms with van der Waals surface area (Å²) in [4.78, 5) is 17.3. The minimum Gasteiger partial charge on any atom is -0.321 e. The van der Waals surface area contributed by atoms with Crippen LogP contribution in [0.3, 0.4) is 0 Å². The van der Waals surface area contributed by atoms with E-state index in [1.165, 1.54) is 20.2 Å². The average Bonchev–Trinajstić information content (AvgIpc) is 2.90. The first-order valence-electron chi connectivity index (χ1n) is 8.67. The molecule has 2 heterocycles. The number of amides is 1. The molecule has 2 aromatic heterocycles. The number of nitrogens with zero attached hydrogens (tertiary/aromatic N) is 4. The van der Waals surface area contributed by atoms with E-state index in [2.05, 4.69) is 15.4 Å². The molecule has 1 aromatic carbocycles. The molecule has 0 aliphatic rings. The van der Waals surface area contributed by atoms with Gasteiger partial charge in [0.15, 0.2) is 5.65 Å². The number of rotatable bonds is 4. The van der Waals surface area contributed by atoms with Crippen LogP contribution in [0.2, 0.25) is 0 Å². The van der Waals surface area contributed by atoms with Crippen molar-refractivity contribution < 1.29 is 13.2 Å². The molecule has 0 aliphatic heterocycles. The van der Waals surface area contributed by atoms with Gasteiger partial charge in [-0.3, -0.25) is 9.48 Å². The zero-order valence-corrected chi connectivity index (χ0v) is 17.5. The van der Waals surface area contributed by atoms with Crippen LogP contribution < -0.4 is 5.32 Å². The highest BCUT2D eigenvalue weighted by Crippen LogP contribution is 2.25. The number of nitrogens with one attached hydrogen (secondary N) is 1. The minimum absolute atomic E-state index is 0.124. The zero-order valence-electron chi connectivity index (χ0n) is 16.7. The van der Waals surface area contributed by atoms with Gasteiger partial charge < -0.3 is 5.32 Å². The highest BCUT2D eigenvalue weighted by Gasteiger charge is 2.23. The van der Waals surface area contributed by atoms with Crippen molar-refractivity contribution in [2.75, 3.05) is 19.4 Å². The Labute approximate surface area is 164 Å². The Morgan fingerprint density at radius 3 is 2.46 bits per heavy atom. The van der Waals surface area contributed by atoms with Gasteiger partial charge >= 0.3 is 0 Å². The van der Waals surface area contributed by atoms with E-state index in [4.69, 9.17) is 0 Å². The second kappa shape index (κ2) is 6.99. The van der Waals surface area contributed by atoms with Gasteiger partial charge in [-0.1, -0.05) is 0 Å². The van der Waals surface area contributed by atoms with Gasteiger partial charge in [-0.05, 0) is 50.1 Å². The van der Waals surface area contributed by atoms with E-state index in [0.717, 1.165) is 26.6 Å². The lowest BCUT2D eigenvalue weighted by molar-refractivity contribution is 0.102. The van der Waals surface area contributed by atoms with Crippen LogP contribution in [0.5, 0.6) is 0 Å². The van der Waals surface area contributed by atoms with Crippen molar-refractivity contribution in [3.8, 4) is 0 Å². The van der Waals surface area contributed by atoms with Crippen LogP contribution in [-0.2, 0) is 17.1 Å². The number of carbonyl (C=O) groups is 1. The van der Waals surface area contributed by atoms with Crippen LogP contribution in [0.1, 0.15) is 27.2 Å². The number of hydrogen-bond acceptors (Lipinski definition) is 5. The summed E-state index contributed by atoms with van der Waals surface area (Å²) in [6.45, 7) is 5.39. The first-order valence-corrected chi connectivity index (χ1v) is 10.1. The van der Waals surface area contributed by atoms with Crippen molar-refractivity contribution in [3.63, 3.8) is 0 Å². The van der Waals surface area contributed by atoms with Crippen molar-refractivity contribution in [3.05, 3.63) is 46.8 Å². The predicted molar refractivity (Wildman–Crippen MR) is 108 cm³/mol. The molecule has 0 aliphatic carbocycles. The molecule has 3 rings (SSSR count). The molecule has 0 atom stereocenters. The van der Waals surface area contributed by atoms with Crippen molar-refractivity contribution >= 4 is 32.7 Å². The molecule has 0 bridgehead atoms. The van der Waals surface area contributed by atoms with Gasteiger partial charge in [-0.15, -0.1) is 0 Å². The summed E-state index contributed by atoms with van der Waals surface area (Å²) in [5, 5.41) is 7.95. The number of pyridine rings is 1. The monoisotopic (exact) mass is 401 g/mol. The standard InChI is InChI=1S/C19H23N5O3S/c1-11-7-14(8-17(12(11)2)28(26,27)23(4)5)19(25)21-15-9-16-13(3)22-24(6)18(16)20-10-15/h7-10H,1-6H3,(H,21,25). The van der Waals surface area contributed by atoms with Gasteiger partial charge in [0, 0.05) is 32.1 Å². The van der Waals surface area contributed by atoms with E-state index in [9.17, 15) is 13.2 Å². The molecule has 0 saturated heterocycles. The quantitative estimate of drug-likeness (QED) is 0.724. The molecule has 28 heavy (non-hydrogen) atoms. The molecule has 9 heteroatoms. The van der Waals surface area contributed by atoms with Crippen molar-refractivity contribution in [2.24, 2.45) is 7.05 Å². The highest BCUT2D eigenvalue weighted by molar-refractivity contribution is 7.89. The minimum atomic E-state index is -3.66. The normalized spacial score (nSPS) is 12.0. The van der Waals surface area contributed by atoms with Gasteiger partial charge in [-0.25, -0.2) is 17.7 Å². The van der Waals surface area contributed by atoms with E-state index in [0.29, 0.717) is 11.3 Å². The summed E-state index contributed by atoms with van der Waals surface area (Å²) in [7, 11) is 1.08. The first-order chi connectivity index (χ1) is 13.0. The summed E-state index contributed by atoms with van der Waals surface area (Å²) in [6, 6.07) is 4.90. The van der Waals surface area contributed by atoms with Gasteiger partial charge in [0.05, 0.1) is 22.5 Å². The van der Waals surface area contributed by atoms with E-state index in [-0.39, 0.29) is 10.5 Å². The first kappa shape index (κ1) is 20.0. The number of hydrogen-bond donors (Lipinski definition) is 1. The molecule has 0 radical (unpaired) electrons. The lowest BCUT2D eigenvalue weighted by Crippen LogP contribution is -2.24. The molecular formula is C19H23N5O3S. The van der Waals surface area contributed by atoms with Gasteiger partial charge in [-0.2, -0.15) is 5.10 Å². The molecule has 1 N–H and O–H groups in total. The average molecular weight is 401 g/mol. The van der Waals surface area contributed by atoms with Crippen LogP contribution in [0.15, 0.2) is 29.3 Å². The second-order valence-corrected chi connectivity index (χ2v) is 9.08. The van der Waals surface area contributed by atoms with Gasteiger partial charge in [0.2, 0.25) is 10.0 Å². The summed E-state index contributed by atoms with van der Waals surface area (Å²) >= 11 is 0. The molecule has 1 amide bonds. The van der Waals surface area contributed by atoms with Crippen molar-refractivity contribution in [2.45, 2.75) is 25.7 Å². The molecule has 0 saturated carbocycles. The summed E-state index contributed by atoms with van der Waals surface area (Å²) in [5.41, 5.74) is 3.67. The largest absolute Gasteiger partial charge is 0.321 e. The lowest BCUT2D eigenvalue weighted by atomic mass is 10.1. The van der Waals surface area contributed by atoms with E-state index in [1.54, 1.807) is 36.9 Å². The lowest BCUT2D eigenvalue weighted by Gasteiger charge is -2.16. The summed E-state index contributed by atoms with van der Waals surface area (Å²) in [6.07, 6.45) is 1.56. The Bertz CT molecular complexity index is 1200. The zero-order chi connectivity index (χ0) is 20.8. The third-order valence-electron chi connectivity index (χ3n) is 4.76. The highest BCUT2D eigenvalue weighted by atomic mass is 32.2. The number of benzene rings is 1. The molecule has 0 spiro atoms. The third kappa shape index (κ3) is 3.38. The van der Waals surface area contributed by atoms with Crippen LogP contribution >= 0.6 is 0 Å². The fourth-order valence-corrected chi connectivity index (χ4v) is 4.22. The number of anilines is 1. The molecular weight excluding hydrogens is 378 g/mol. The van der Waals surface area contributed by atoms with E-state index >= 15 is 0 Å². The molecule has 8 nitrogen and oxygen atoms in total. The van der Waals surface area contributed by atoms with Crippen LogP contribution in [0, 0.1) is 20.8 Å². The fraction of sp³-hybridized carbons (Fsp3) is 0.316. The predicted octanol–water partition coefficient (Wildman–Crippen LogP) is 2.40. The maximum Gasteiger partial charge on any atom is 0.255 e. The Balaban J connectivity index is 1.99. The van der Waals surface area contributed by atoms with E-state index in [1.807, 2.05) is 14.0 Å². The van der Waals surface area contributed by atoms with Crippen molar-refractivity contribution in [1.29, 1.82) is 0 Å². The van der Waals surface area contributed by atoms with E-state index < -0.39 is 15.9 Å². The van der Waals surface area contributed by atoms with Crippen LogP contribution in [0.25, 0.3) is 11.0 Å². The topological polar surface area (TPSA) is 97.2 Å². The number of sulfonamides is 1. The molecule has 148 valence electrons. The molecule has 0 unspecified atom stereocenters. The van der Waals surface area contributed by atoms with Crippen molar-refractivity contribution in [1.82, 2.24) is 19.1 Å². The Morgan fingerprint density at radius 2 is 1.82 bits per heavy atom. The summed E-state index contributed by atoms with van der Waals surface area (Å²) in [5.74, 6) is -0.402. The third-order valence-corrected chi connectivity index (χ3v) is 6.70. The Kier molecular flexibility index (Phi) is 4.99. The maximum absolute atomic E-state index is 12.8. The Hall–Kier alpha value is -2.78.